The largest absolute Gasteiger partial charge is 0.376 e. The molecule has 0 radical (unpaired) electrons. The van der Waals surface area contributed by atoms with Crippen molar-refractivity contribution in [2.75, 3.05) is 17.7 Å². The van der Waals surface area contributed by atoms with E-state index >= 15 is 0 Å². The third-order valence-corrected chi connectivity index (χ3v) is 6.77. The molecule has 1 N–H and O–H groups in total. The van der Waals surface area contributed by atoms with Gasteiger partial charge in [0.25, 0.3) is 0 Å². The number of aryl methyl sites for hydroxylation is 1. The van der Waals surface area contributed by atoms with Crippen LogP contribution in [0.2, 0.25) is 5.02 Å². The first-order valence-corrected chi connectivity index (χ1v) is 11.7. The second-order valence-electron chi connectivity index (χ2n) is 6.96. The maximum Gasteiger partial charge on any atom is 0.234 e. The topological polar surface area (TPSA) is 69.0 Å². The van der Waals surface area contributed by atoms with Gasteiger partial charge < -0.3 is 10.1 Å². The maximum atomic E-state index is 13.3. The average Bonchev–Trinajstić information content (AvgIpc) is 3.45. The lowest BCUT2D eigenvalue weighted by Gasteiger charge is -2.14. The number of halogens is 2. The van der Waals surface area contributed by atoms with Crippen LogP contribution in [-0.4, -0.2) is 39.1 Å². The van der Waals surface area contributed by atoms with E-state index in [0.29, 0.717) is 17.4 Å². The molecule has 2 aromatic heterocycles. The molecule has 1 aliphatic rings. The Kier molecular flexibility index (Phi) is 6.72. The molecule has 0 bridgehead atoms. The minimum absolute atomic E-state index is 0.0348. The number of anilines is 1. The van der Waals surface area contributed by atoms with Gasteiger partial charge in [-0.3, -0.25) is 9.36 Å². The van der Waals surface area contributed by atoms with Gasteiger partial charge in [-0.1, -0.05) is 23.4 Å². The van der Waals surface area contributed by atoms with Crippen LogP contribution in [0.15, 0.2) is 34.8 Å². The van der Waals surface area contributed by atoms with Gasteiger partial charge in [0.1, 0.15) is 5.82 Å². The number of carbonyl (C=O) groups is 1. The summed E-state index contributed by atoms with van der Waals surface area (Å²) in [6.45, 7) is 3.47. The fraction of sp³-hybridized carbons (Fsp3) is 0.350. The first-order valence-electron chi connectivity index (χ1n) is 9.47. The van der Waals surface area contributed by atoms with Crippen LogP contribution >= 0.6 is 34.7 Å². The molecule has 0 saturated carbocycles. The smallest absolute Gasteiger partial charge is 0.234 e. The predicted octanol–water partition coefficient (Wildman–Crippen LogP) is 5.02. The first-order chi connectivity index (χ1) is 14.5. The van der Waals surface area contributed by atoms with Crippen molar-refractivity contribution in [1.29, 1.82) is 0 Å². The summed E-state index contributed by atoms with van der Waals surface area (Å²) in [5.74, 6) is 0.161. The summed E-state index contributed by atoms with van der Waals surface area (Å²) < 4.78 is 21.1. The van der Waals surface area contributed by atoms with Gasteiger partial charge >= 0.3 is 0 Å². The van der Waals surface area contributed by atoms with Crippen LogP contribution in [0.4, 0.5) is 10.1 Å². The summed E-state index contributed by atoms with van der Waals surface area (Å²) in [6, 6.07) is 6.16. The van der Waals surface area contributed by atoms with Gasteiger partial charge in [0.05, 0.1) is 23.4 Å². The van der Waals surface area contributed by atoms with E-state index in [1.165, 1.54) is 34.8 Å². The van der Waals surface area contributed by atoms with Crippen molar-refractivity contribution in [1.82, 2.24) is 14.8 Å². The molecule has 1 aliphatic heterocycles. The van der Waals surface area contributed by atoms with E-state index in [0.717, 1.165) is 30.8 Å². The Balaban J connectivity index is 1.47. The highest BCUT2D eigenvalue weighted by Crippen LogP contribution is 2.29. The van der Waals surface area contributed by atoms with Gasteiger partial charge in [0.15, 0.2) is 11.0 Å². The van der Waals surface area contributed by atoms with Crippen molar-refractivity contribution >= 4 is 46.3 Å². The number of carbonyl (C=O) groups excluding carboxylic acids is 1. The van der Waals surface area contributed by atoms with Gasteiger partial charge in [-0.25, -0.2) is 4.39 Å². The standard InChI is InChI=1S/C20H20ClFN4O2S2/c1-12-7-13(10-29-12)19-24-25-20(26(19)9-15-3-2-6-28-15)30-11-18(27)23-14-4-5-17(22)16(21)8-14/h4-5,7-8,10,15H,2-3,6,9,11H2,1H3,(H,23,27). The number of hydrogen-bond acceptors (Lipinski definition) is 6. The lowest BCUT2D eigenvalue weighted by Crippen LogP contribution is -2.18. The van der Waals surface area contributed by atoms with E-state index in [9.17, 15) is 9.18 Å². The van der Waals surface area contributed by atoms with Crippen molar-refractivity contribution in [2.45, 2.75) is 37.6 Å². The second kappa shape index (κ2) is 9.47. The number of rotatable bonds is 7. The molecule has 158 valence electrons. The Morgan fingerprint density at radius 1 is 1.43 bits per heavy atom. The molecule has 0 spiro atoms. The first kappa shape index (κ1) is 21.3. The third-order valence-electron chi connectivity index (χ3n) is 4.65. The quantitative estimate of drug-likeness (QED) is 0.495. The Bertz CT molecular complexity index is 1050. The minimum Gasteiger partial charge on any atom is -0.376 e. The average molecular weight is 467 g/mol. The van der Waals surface area contributed by atoms with Crippen molar-refractivity contribution < 1.29 is 13.9 Å². The highest BCUT2D eigenvalue weighted by atomic mass is 35.5. The van der Waals surface area contributed by atoms with Crippen molar-refractivity contribution in [3.05, 3.63) is 45.4 Å². The summed E-state index contributed by atoms with van der Waals surface area (Å²) in [5.41, 5.74) is 1.46. The molecule has 4 rings (SSSR count). The molecular formula is C20H20ClFN4O2S2. The van der Waals surface area contributed by atoms with E-state index in [1.807, 2.05) is 4.57 Å². The molecule has 1 saturated heterocycles. The van der Waals surface area contributed by atoms with Gasteiger partial charge in [0, 0.05) is 28.1 Å². The summed E-state index contributed by atoms with van der Waals surface area (Å²) in [5, 5.41) is 14.1. The number of thioether (sulfide) groups is 1. The molecule has 1 fully saturated rings. The highest BCUT2D eigenvalue weighted by Gasteiger charge is 2.22. The lowest BCUT2D eigenvalue weighted by molar-refractivity contribution is -0.113. The number of ether oxygens (including phenoxy) is 1. The molecule has 1 amide bonds. The molecular weight excluding hydrogens is 447 g/mol. The molecule has 1 atom stereocenters. The lowest BCUT2D eigenvalue weighted by atomic mass is 10.2. The Labute approximate surface area is 186 Å². The van der Waals surface area contributed by atoms with Gasteiger partial charge in [0.2, 0.25) is 5.91 Å². The number of aromatic nitrogens is 3. The van der Waals surface area contributed by atoms with Crippen LogP contribution in [0.5, 0.6) is 0 Å². The normalized spacial score (nSPS) is 16.2. The molecule has 10 heteroatoms. The van der Waals surface area contributed by atoms with Crippen LogP contribution < -0.4 is 5.32 Å². The Hall–Kier alpha value is -1.94. The van der Waals surface area contributed by atoms with E-state index in [-0.39, 0.29) is 22.8 Å². The summed E-state index contributed by atoms with van der Waals surface area (Å²) in [6.07, 6.45) is 2.16. The number of nitrogens with one attached hydrogen (secondary N) is 1. The van der Waals surface area contributed by atoms with Gasteiger partial charge in [-0.2, -0.15) is 0 Å². The monoisotopic (exact) mass is 466 g/mol. The molecule has 3 aromatic rings. The number of amides is 1. The van der Waals surface area contributed by atoms with Crippen molar-refractivity contribution in [3.63, 3.8) is 0 Å². The zero-order valence-corrected chi connectivity index (χ0v) is 18.6. The van der Waals surface area contributed by atoms with Crippen molar-refractivity contribution in [2.24, 2.45) is 0 Å². The Morgan fingerprint density at radius 2 is 2.30 bits per heavy atom. The van der Waals surface area contributed by atoms with E-state index in [4.69, 9.17) is 16.3 Å². The number of thiophene rings is 1. The summed E-state index contributed by atoms with van der Waals surface area (Å²) >= 11 is 8.74. The maximum absolute atomic E-state index is 13.3. The predicted molar refractivity (Wildman–Crippen MR) is 118 cm³/mol. The fourth-order valence-electron chi connectivity index (χ4n) is 3.23. The number of hydrogen-bond donors (Lipinski definition) is 1. The molecule has 1 unspecified atom stereocenters. The molecule has 0 aliphatic carbocycles. The minimum atomic E-state index is -0.525. The van der Waals surface area contributed by atoms with Gasteiger partial charge in [-0.05, 0) is 44.0 Å². The SMILES string of the molecule is Cc1cc(-c2nnc(SCC(=O)Nc3ccc(F)c(Cl)c3)n2CC2CCCO2)cs1. The van der Waals surface area contributed by atoms with Crippen LogP contribution in [0.3, 0.4) is 0 Å². The zero-order chi connectivity index (χ0) is 21.1. The van der Waals surface area contributed by atoms with Crippen molar-refractivity contribution in [3.8, 4) is 11.4 Å². The molecule has 6 nitrogen and oxygen atoms in total. The fourth-order valence-corrected chi connectivity index (χ4v) is 4.84. The Morgan fingerprint density at radius 3 is 3.00 bits per heavy atom. The number of nitrogens with zero attached hydrogens (tertiary/aromatic N) is 3. The van der Waals surface area contributed by atoms with Crippen LogP contribution in [0, 0.1) is 12.7 Å². The third kappa shape index (κ3) is 5.03. The zero-order valence-electron chi connectivity index (χ0n) is 16.2. The molecule has 1 aromatic carbocycles. The molecule has 3 heterocycles. The summed E-state index contributed by atoms with van der Waals surface area (Å²) in [7, 11) is 0. The van der Waals surface area contributed by atoms with Crippen LogP contribution in [-0.2, 0) is 16.1 Å². The van der Waals surface area contributed by atoms with E-state index in [1.54, 1.807) is 11.3 Å². The van der Waals surface area contributed by atoms with Crippen LogP contribution in [0.1, 0.15) is 17.7 Å². The van der Waals surface area contributed by atoms with Gasteiger partial charge in [-0.15, -0.1) is 21.5 Å². The number of benzene rings is 1. The second-order valence-corrected chi connectivity index (χ2v) is 9.43. The van der Waals surface area contributed by atoms with E-state index in [2.05, 4.69) is 33.9 Å². The molecule has 30 heavy (non-hydrogen) atoms. The van der Waals surface area contributed by atoms with Crippen LogP contribution in [0.25, 0.3) is 11.4 Å². The summed E-state index contributed by atoms with van der Waals surface area (Å²) in [4.78, 5) is 13.6. The highest BCUT2D eigenvalue weighted by molar-refractivity contribution is 7.99. The van der Waals surface area contributed by atoms with E-state index < -0.39 is 5.82 Å².